The molecule has 0 unspecified atom stereocenters. The van der Waals surface area contributed by atoms with Crippen LogP contribution in [-0.4, -0.2) is 13.4 Å². The normalized spacial score (nSPS) is 11.4. The Morgan fingerprint density at radius 2 is 1.60 bits per heavy atom. The second-order valence-corrected chi connectivity index (χ2v) is 9.21. The zero-order chi connectivity index (χ0) is 21.1. The molecule has 0 fully saturated rings. The molecule has 4 rings (SSSR count). The minimum atomic E-state index is -4.00. The summed E-state index contributed by atoms with van der Waals surface area (Å²) in [5.74, 6) is -0.708. The van der Waals surface area contributed by atoms with Crippen molar-refractivity contribution >= 4 is 31.7 Å². The Balaban J connectivity index is 1.79. The summed E-state index contributed by atoms with van der Waals surface area (Å²) >= 11 is 3.29. The Labute approximate surface area is 181 Å². The molecule has 0 aliphatic heterocycles. The third-order valence-electron chi connectivity index (χ3n) is 4.37. The molecule has 0 aliphatic rings. The van der Waals surface area contributed by atoms with Gasteiger partial charge in [-0.25, -0.2) is 12.8 Å². The van der Waals surface area contributed by atoms with E-state index < -0.39 is 15.7 Å². The zero-order valence-corrected chi connectivity index (χ0v) is 18.0. The minimum Gasteiger partial charge on any atom is -0.419 e. The lowest BCUT2D eigenvalue weighted by atomic mass is 10.2. The number of oxazole rings is 1. The molecule has 152 valence electrons. The quantitative estimate of drug-likeness (QED) is 0.379. The largest absolute Gasteiger partial charge is 0.419 e. The van der Waals surface area contributed by atoms with Gasteiger partial charge in [-0.1, -0.05) is 58.4 Å². The Hall–Kier alpha value is -2.97. The smallest absolute Gasteiger partial charge is 0.234 e. The number of hydrogen-bond acceptors (Lipinski definition) is 5. The molecule has 1 N–H and O–H groups in total. The van der Waals surface area contributed by atoms with Gasteiger partial charge in [0, 0.05) is 11.0 Å². The maximum Gasteiger partial charge on any atom is 0.234 e. The van der Waals surface area contributed by atoms with Crippen LogP contribution in [0.15, 0.2) is 97.7 Å². The number of nitrogens with one attached hydrogen (secondary N) is 1. The van der Waals surface area contributed by atoms with E-state index in [4.69, 9.17) is 4.42 Å². The number of nitrogens with zero attached hydrogens (tertiary/aromatic N) is 1. The SMILES string of the molecule is O=S(=O)(c1ccc(Br)cc1)c1nc(-c2ccccc2F)oc1NCc1ccccc1. The summed E-state index contributed by atoms with van der Waals surface area (Å²) in [6, 6.07) is 21.5. The number of aromatic nitrogens is 1. The average Bonchev–Trinajstić information content (AvgIpc) is 3.18. The monoisotopic (exact) mass is 486 g/mol. The van der Waals surface area contributed by atoms with Crippen LogP contribution < -0.4 is 5.32 Å². The minimum absolute atomic E-state index is 0.0416. The van der Waals surface area contributed by atoms with Crippen LogP contribution in [-0.2, 0) is 16.4 Å². The van der Waals surface area contributed by atoms with Crippen molar-refractivity contribution in [2.45, 2.75) is 16.5 Å². The molecule has 0 bridgehead atoms. The summed E-state index contributed by atoms with van der Waals surface area (Å²) in [6.07, 6.45) is 0. The Morgan fingerprint density at radius 1 is 0.933 bits per heavy atom. The molecule has 0 radical (unpaired) electrons. The number of rotatable bonds is 6. The van der Waals surface area contributed by atoms with Gasteiger partial charge in [0.2, 0.25) is 26.6 Å². The molecule has 0 amide bonds. The maximum absolute atomic E-state index is 14.3. The molecule has 0 saturated heterocycles. The topological polar surface area (TPSA) is 72.2 Å². The Kier molecular flexibility index (Phi) is 5.69. The highest BCUT2D eigenvalue weighted by Gasteiger charge is 2.29. The highest BCUT2D eigenvalue weighted by molar-refractivity contribution is 9.10. The fraction of sp³-hybridized carbons (Fsp3) is 0.0455. The summed E-state index contributed by atoms with van der Waals surface area (Å²) < 4.78 is 47.2. The van der Waals surface area contributed by atoms with Crippen LogP contribution in [0.4, 0.5) is 10.3 Å². The number of hydrogen-bond donors (Lipinski definition) is 1. The van der Waals surface area contributed by atoms with Gasteiger partial charge in [-0.2, -0.15) is 4.98 Å². The summed E-state index contributed by atoms with van der Waals surface area (Å²) in [7, 11) is -4.00. The number of benzene rings is 3. The predicted octanol–water partition coefficient (Wildman–Crippen LogP) is 5.69. The molecule has 0 spiro atoms. The standard InChI is InChI=1S/C22H16BrFN2O3S/c23-16-10-12-17(13-11-16)30(27,28)22-21(25-14-15-6-2-1-3-7-15)29-20(26-22)18-8-4-5-9-19(18)24/h1-13,25H,14H2. The van der Waals surface area contributed by atoms with Gasteiger partial charge in [-0.15, -0.1) is 0 Å². The molecular formula is C22H16BrFN2O3S. The van der Waals surface area contributed by atoms with E-state index in [0.717, 1.165) is 10.0 Å². The molecule has 5 nitrogen and oxygen atoms in total. The highest BCUT2D eigenvalue weighted by atomic mass is 79.9. The molecule has 0 atom stereocenters. The van der Waals surface area contributed by atoms with Crippen LogP contribution in [0.1, 0.15) is 5.56 Å². The Morgan fingerprint density at radius 3 is 2.30 bits per heavy atom. The lowest BCUT2D eigenvalue weighted by Crippen LogP contribution is -2.07. The zero-order valence-electron chi connectivity index (χ0n) is 15.5. The van der Waals surface area contributed by atoms with Crippen molar-refractivity contribution in [3.8, 4) is 11.5 Å². The molecule has 4 aromatic rings. The molecule has 3 aromatic carbocycles. The summed E-state index contributed by atoms with van der Waals surface area (Å²) in [5, 5.41) is 2.69. The van der Waals surface area contributed by atoms with Crippen LogP contribution in [0.25, 0.3) is 11.5 Å². The van der Waals surface area contributed by atoms with Crippen molar-refractivity contribution in [3.05, 3.63) is 94.7 Å². The van der Waals surface area contributed by atoms with Gasteiger partial charge in [-0.3, -0.25) is 0 Å². The van der Waals surface area contributed by atoms with Crippen molar-refractivity contribution in [1.29, 1.82) is 0 Å². The average molecular weight is 487 g/mol. The van der Waals surface area contributed by atoms with E-state index in [1.165, 1.54) is 30.3 Å². The van der Waals surface area contributed by atoms with Crippen LogP contribution in [0.3, 0.4) is 0 Å². The first-order valence-electron chi connectivity index (χ1n) is 8.99. The Bertz CT molecular complexity index is 1270. The van der Waals surface area contributed by atoms with E-state index in [2.05, 4.69) is 26.2 Å². The number of sulfone groups is 1. The van der Waals surface area contributed by atoms with Crippen molar-refractivity contribution in [3.63, 3.8) is 0 Å². The van der Waals surface area contributed by atoms with E-state index in [0.29, 0.717) is 6.54 Å². The fourth-order valence-corrected chi connectivity index (χ4v) is 4.40. The van der Waals surface area contributed by atoms with Crippen molar-refractivity contribution in [2.24, 2.45) is 0 Å². The summed E-state index contributed by atoms with van der Waals surface area (Å²) in [5.41, 5.74) is 1.01. The molecule has 8 heteroatoms. The molecule has 1 aromatic heterocycles. The van der Waals surface area contributed by atoms with Gasteiger partial charge in [0.15, 0.2) is 0 Å². The molecule has 30 heavy (non-hydrogen) atoms. The van der Waals surface area contributed by atoms with Crippen LogP contribution in [0.5, 0.6) is 0 Å². The van der Waals surface area contributed by atoms with Gasteiger partial charge in [0.25, 0.3) is 0 Å². The van der Waals surface area contributed by atoms with Gasteiger partial charge in [0.1, 0.15) is 5.82 Å². The highest BCUT2D eigenvalue weighted by Crippen LogP contribution is 2.33. The number of anilines is 1. The predicted molar refractivity (Wildman–Crippen MR) is 115 cm³/mol. The summed E-state index contributed by atoms with van der Waals surface area (Å²) in [4.78, 5) is 4.21. The van der Waals surface area contributed by atoms with Crippen molar-refractivity contribution in [1.82, 2.24) is 4.98 Å². The second kappa shape index (κ2) is 8.41. The molecule has 1 heterocycles. The number of halogens is 2. The fourth-order valence-electron chi connectivity index (χ4n) is 2.85. The van der Waals surface area contributed by atoms with E-state index in [9.17, 15) is 12.8 Å². The van der Waals surface area contributed by atoms with E-state index in [-0.39, 0.29) is 27.3 Å². The third kappa shape index (κ3) is 4.15. The first-order chi connectivity index (χ1) is 14.4. The molecular weight excluding hydrogens is 471 g/mol. The lowest BCUT2D eigenvalue weighted by Gasteiger charge is -2.06. The van der Waals surface area contributed by atoms with Gasteiger partial charge >= 0.3 is 0 Å². The van der Waals surface area contributed by atoms with Crippen molar-refractivity contribution in [2.75, 3.05) is 5.32 Å². The van der Waals surface area contributed by atoms with E-state index in [1.807, 2.05) is 30.3 Å². The second-order valence-electron chi connectivity index (χ2n) is 6.43. The van der Waals surface area contributed by atoms with Gasteiger partial charge < -0.3 is 9.73 Å². The van der Waals surface area contributed by atoms with E-state index >= 15 is 0 Å². The lowest BCUT2D eigenvalue weighted by molar-refractivity contribution is 0.567. The van der Waals surface area contributed by atoms with Crippen molar-refractivity contribution < 1.29 is 17.2 Å². The van der Waals surface area contributed by atoms with E-state index in [1.54, 1.807) is 18.2 Å². The molecule has 0 aliphatic carbocycles. The third-order valence-corrected chi connectivity index (χ3v) is 6.58. The summed E-state index contributed by atoms with van der Waals surface area (Å²) in [6.45, 7) is 0.315. The first-order valence-corrected chi connectivity index (χ1v) is 11.3. The molecule has 0 saturated carbocycles. The maximum atomic E-state index is 14.3. The van der Waals surface area contributed by atoms with Crippen LogP contribution >= 0.6 is 15.9 Å². The van der Waals surface area contributed by atoms with Gasteiger partial charge in [-0.05, 0) is 42.0 Å². The van der Waals surface area contributed by atoms with Gasteiger partial charge in [0.05, 0.1) is 10.5 Å². The van der Waals surface area contributed by atoms with Crippen LogP contribution in [0, 0.1) is 5.82 Å². The van der Waals surface area contributed by atoms with Crippen LogP contribution in [0.2, 0.25) is 0 Å². The first kappa shape index (κ1) is 20.3.